The van der Waals surface area contributed by atoms with Gasteiger partial charge in [-0.2, -0.15) is 0 Å². The van der Waals surface area contributed by atoms with Crippen molar-refractivity contribution in [1.29, 1.82) is 0 Å². The van der Waals surface area contributed by atoms with Crippen molar-refractivity contribution in [1.82, 2.24) is 4.90 Å². The van der Waals surface area contributed by atoms with Crippen molar-refractivity contribution in [2.24, 2.45) is 0 Å². The minimum Gasteiger partial charge on any atom is -0.378 e. The number of amides is 2. The first kappa shape index (κ1) is 14.8. The Morgan fingerprint density at radius 3 is 2.50 bits per heavy atom. The smallest absolute Gasteiger partial charge is 0.325 e. The maximum Gasteiger partial charge on any atom is 0.325 e. The van der Waals surface area contributed by atoms with Gasteiger partial charge in [-0.25, -0.2) is 4.79 Å². The van der Waals surface area contributed by atoms with E-state index in [2.05, 4.69) is 0 Å². The van der Waals surface area contributed by atoms with Gasteiger partial charge in [-0.05, 0) is 31.2 Å². The van der Waals surface area contributed by atoms with Crippen LogP contribution >= 0.6 is 11.6 Å². The van der Waals surface area contributed by atoms with E-state index in [1.54, 1.807) is 36.1 Å². The Morgan fingerprint density at radius 1 is 1.35 bits per heavy atom. The van der Waals surface area contributed by atoms with Gasteiger partial charge >= 0.3 is 6.03 Å². The average Bonchev–Trinajstić information content (AvgIpc) is 2.50. The number of carbonyl (C=O) groups is 2. The fraction of sp³-hybridized carbons (Fsp3) is 0.429. The van der Waals surface area contributed by atoms with Crippen LogP contribution in [0.1, 0.15) is 6.92 Å². The van der Waals surface area contributed by atoms with Crippen molar-refractivity contribution in [2.45, 2.75) is 13.0 Å². The molecule has 1 aromatic rings. The monoisotopic (exact) mass is 296 g/mol. The van der Waals surface area contributed by atoms with Crippen molar-refractivity contribution in [3.8, 4) is 0 Å². The summed E-state index contributed by atoms with van der Waals surface area (Å²) in [4.78, 5) is 26.9. The van der Waals surface area contributed by atoms with Crippen LogP contribution in [0, 0.1) is 0 Å². The number of ether oxygens (including phenoxy) is 1. The van der Waals surface area contributed by atoms with Gasteiger partial charge in [-0.1, -0.05) is 11.6 Å². The molecule has 0 radical (unpaired) electrons. The van der Waals surface area contributed by atoms with Crippen molar-refractivity contribution in [3.05, 3.63) is 29.3 Å². The van der Waals surface area contributed by atoms with Gasteiger partial charge < -0.3 is 14.4 Å². The van der Waals surface area contributed by atoms with E-state index >= 15 is 0 Å². The van der Waals surface area contributed by atoms with Crippen LogP contribution in [0.15, 0.2) is 24.3 Å². The van der Waals surface area contributed by atoms with Gasteiger partial charge in [-0.3, -0.25) is 4.90 Å². The first-order chi connectivity index (χ1) is 9.63. The second kappa shape index (κ2) is 6.72. The number of hydrogen-bond donors (Lipinski definition) is 0. The van der Waals surface area contributed by atoms with E-state index in [1.807, 2.05) is 0 Å². The Bertz CT molecular complexity index is 472. The molecule has 1 heterocycles. The first-order valence-electron chi connectivity index (χ1n) is 6.50. The number of aldehydes is 1. The third kappa shape index (κ3) is 3.29. The lowest BCUT2D eigenvalue weighted by Crippen LogP contribution is -2.51. The minimum absolute atomic E-state index is 0.185. The minimum atomic E-state index is -0.536. The number of anilines is 1. The Kier molecular flexibility index (Phi) is 4.98. The lowest BCUT2D eigenvalue weighted by molar-refractivity contribution is -0.108. The maximum atomic E-state index is 12.6. The van der Waals surface area contributed by atoms with E-state index in [9.17, 15) is 9.59 Å². The summed E-state index contributed by atoms with van der Waals surface area (Å²) in [5.74, 6) is 0. The molecule has 20 heavy (non-hydrogen) atoms. The molecule has 0 bridgehead atoms. The highest BCUT2D eigenvalue weighted by atomic mass is 35.5. The lowest BCUT2D eigenvalue weighted by atomic mass is 10.2. The van der Waals surface area contributed by atoms with Gasteiger partial charge in [0.25, 0.3) is 0 Å². The molecule has 0 spiro atoms. The van der Waals surface area contributed by atoms with Crippen molar-refractivity contribution < 1.29 is 14.3 Å². The zero-order valence-electron chi connectivity index (χ0n) is 11.3. The van der Waals surface area contributed by atoms with Crippen LogP contribution in [-0.2, 0) is 9.53 Å². The summed E-state index contributed by atoms with van der Waals surface area (Å²) in [6.07, 6.45) is 0.757. The van der Waals surface area contributed by atoms with E-state index in [0.717, 1.165) is 6.29 Å². The third-order valence-corrected chi connectivity index (χ3v) is 3.45. The van der Waals surface area contributed by atoms with Crippen molar-refractivity contribution in [3.63, 3.8) is 0 Å². The van der Waals surface area contributed by atoms with Gasteiger partial charge in [0.15, 0.2) is 0 Å². The zero-order chi connectivity index (χ0) is 14.5. The molecule has 0 aromatic heterocycles. The summed E-state index contributed by atoms with van der Waals surface area (Å²) < 4.78 is 5.24. The summed E-state index contributed by atoms with van der Waals surface area (Å²) in [7, 11) is 0. The van der Waals surface area contributed by atoms with Gasteiger partial charge in [-0.15, -0.1) is 0 Å². The van der Waals surface area contributed by atoms with Crippen LogP contribution in [-0.4, -0.2) is 49.6 Å². The Labute approximate surface area is 123 Å². The number of hydrogen-bond acceptors (Lipinski definition) is 3. The SMILES string of the molecule is C[C@@H](C=O)N(C(=O)N1CCOCC1)c1ccc(Cl)cc1. The van der Waals surface area contributed by atoms with Crippen LogP contribution < -0.4 is 4.90 Å². The molecule has 1 aliphatic rings. The van der Waals surface area contributed by atoms with Crippen molar-refractivity contribution in [2.75, 3.05) is 31.2 Å². The number of benzene rings is 1. The molecule has 6 heteroatoms. The summed E-state index contributed by atoms with van der Waals surface area (Å²) in [6.45, 7) is 3.81. The van der Waals surface area contributed by atoms with E-state index in [0.29, 0.717) is 37.0 Å². The molecule has 0 unspecified atom stereocenters. The zero-order valence-corrected chi connectivity index (χ0v) is 12.0. The van der Waals surface area contributed by atoms with E-state index < -0.39 is 6.04 Å². The van der Waals surface area contributed by atoms with Crippen LogP contribution in [0.4, 0.5) is 10.5 Å². The largest absolute Gasteiger partial charge is 0.378 e. The molecule has 1 atom stereocenters. The number of rotatable bonds is 3. The molecule has 1 fully saturated rings. The predicted octanol–water partition coefficient (Wildman–Crippen LogP) is 2.19. The standard InChI is InChI=1S/C14H17ClN2O3/c1-11(10-18)17(13-4-2-12(15)3-5-13)14(19)16-6-8-20-9-7-16/h2-5,10-11H,6-9H2,1H3/t11-/m0/s1. The third-order valence-electron chi connectivity index (χ3n) is 3.20. The second-order valence-corrected chi connectivity index (χ2v) is 5.04. The van der Waals surface area contributed by atoms with Crippen LogP contribution in [0.25, 0.3) is 0 Å². The molecule has 0 saturated carbocycles. The van der Waals surface area contributed by atoms with E-state index in [4.69, 9.17) is 16.3 Å². The quantitative estimate of drug-likeness (QED) is 0.803. The highest BCUT2D eigenvalue weighted by Gasteiger charge is 2.27. The topological polar surface area (TPSA) is 49.9 Å². The Hall–Kier alpha value is -1.59. The van der Waals surface area contributed by atoms with Crippen LogP contribution in [0.5, 0.6) is 0 Å². The molecular formula is C14H17ClN2O3. The number of carbonyl (C=O) groups excluding carboxylic acids is 2. The lowest BCUT2D eigenvalue weighted by Gasteiger charge is -2.34. The molecule has 2 amide bonds. The molecule has 1 saturated heterocycles. The number of urea groups is 1. The molecule has 0 aliphatic carbocycles. The molecular weight excluding hydrogens is 280 g/mol. The summed E-state index contributed by atoms with van der Waals surface area (Å²) in [5, 5.41) is 0.589. The number of nitrogens with zero attached hydrogens (tertiary/aromatic N) is 2. The fourth-order valence-electron chi connectivity index (χ4n) is 2.09. The van der Waals surface area contributed by atoms with Crippen molar-refractivity contribution >= 4 is 29.6 Å². The molecule has 0 N–H and O–H groups in total. The fourth-order valence-corrected chi connectivity index (χ4v) is 2.22. The second-order valence-electron chi connectivity index (χ2n) is 4.61. The molecule has 1 aromatic carbocycles. The highest BCUT2D eigenvalue weighted by Crippen LogP contribution is 2.21. The van der Waals surface area contributed by atoms with Gasteiger partial charge in [0.2, 0.25) is 0 Å². The average molecular weight is 297 g/mol. The molecule has 2 rings (SSSR count). The normalized spacial score (nSPS) is 16.6. The van der Waals surface area contributed by atoms with Crippen LogP contribution in [0.3, 0.4) is 0 Å². The molecule has 1 aliphatic heterocycles. The maximum absolute atomic E-state index is 12.6. The van der Waals surface area contributed by atoms with Gasteiger partial charge in [0, 0.05) is 23.8 Å². The van der Waals surface area contributed by atoms with Gasteiger partial charge in [0.1, 0.15) is 6.29 Å². The molecule has 5 nitrogen and oxygen atoms in total. The van der Waals surface area contributed by atoms with E-state index in [-0.39, 0.29) is 6.03 Å². The van der Waals surface area contributed by atoms with E-state index in [1.165, 1.54) is 4.90 Å². The Morgan fingerprint density at radius 2 is 1.95 bits per heavy atom. The summed E-state index contributed by atoms with van der Waals surface area (Å²) in [6, 6.07) is 6.16. The predicted molar refractivity (Wildman–Crippen MR) is 77.2 cm³/mol. The summed E-state index contributed by atoms with van der Waals surface area (Å²) >= 11 is 5.86. The van der Waals surface area contributed by atoms with Gasteiger partial charge in [0.05, 0.1) is 19.3 Å². The number of morpholine rings is 1. The Balaban J connectivity index is 2.24. The first-order valence-corrected chi connectivity index (χ1v) is 6.88. The summed E-state index contributed by atoms with van der Waals surface area (Å²) in [5.41, 5.74) is 0.658. The number of halogens is 1. The highest BCUT2D eigenvalue weighted by molar-refractivity contribution is 6.30. The van der Waals surface area contributed by atoms with Crippen LogP contribution in [0.2, 0.25) is 5.02 Å². The molecule has 108 valence electrons.